The zero-order valence-electron chi connectivity index (χ0n) is 19.3. The van der Waals surface area contributed by atoms with Crippen molar-refractivity contribution >= 4 is 17.6 Å². The first kappa shape index (κ1) is 23.7. The van der Waals surface area contributed by atoms with Crippen LogP contribution in [-0.4, -0.2) is 34.4 Å². The van der Waals surface area contributed by atoms with Crippen LogP contribution in [-0.2, 0) is 9.53 Å². The van der Waals surface area contributed by atoms with Gasteiger partial charge in [-0.15, -0.1) is 0 Å². The SMILES string of the molecule is CCOC(=O)c1cc(-c2cccc(NC(=O)C(C)Oc3ccccc3)c2)n(-c2ccc(F)cc2)n1. The van der Waals surface area contributed by atoms with Gasteiger partial charge in [0, 0.05) is 11.3 Å². The van der Waals surface area contributed by atoms with Crippen molar-refractivity contribution in [1.29, 1.82) is 0 Å². The molecule has 1 atom stereocenters. The van der Waals surface area contributed by atoms with Crippen molar-refractivity contribution in [1.82, 2.24) is 9.78 Å². The van der Waals surface area contributed by atoms with Crippen LogP contribution in [0.4, 0.5) is 10.1 Å². The number of nitrogens with one attached hydrogen (secondary N) is 1. The van der Waals surface area contributed by atoms with Gasteiger partial charge in [-0.1, -0.05) is 30.3 Å². The average Bonchev–Trinajstić information content (AvgIpc) is 3.31. The molecule has 1 amide bonds. The molecule has 4 rings (SSSR count). The maximum atomic E-state index is 13.5. The fraction of sp³-hybridized carbons (Fsp3) is 0.148. The van der Waals surface area contributed by atoms with E-state index in [9.17, 15) is 14.0 Å². The van der Waals surface area contributed by atoms with Crippen LogP contribution in [0.25, 0.3) is 16.9 Å². The highest BCUT2D eigenvalue weighted by molar-refractivity contribution is 5.95. The number of hydrogen-bond donors (Lipinski definition) is 1. The molecule has 0 aliphatic rings. The Bertz CT molecular complexity index is 1320. The molecule has 0 spiro atoms. The molecule has 0 bridgehead atoms. The predicted octanol–water partition coefficient (Wildman–Crippen LogP) is 5.26. The number of ether oxygens (including phenoxy) is 2. The predicted molar refractivity (Wildman–Crippen MR) is 130 cm³/mol. The second-order valence-corrected chi connectivity index (χ2v) is 7.67. The molecule has 0 fully saturated rings. The molecule has 0 saturated heterocycles. The lowest BCUT2D eigenvalue weighted by molar-refractivity contribution is -0.122. The first-order valence-corrected chi connectivity index (χ1v) is 11.1. The lowest BCUT2D eigenvalue weighted by Gasteiger charge is -2.15. The molecule has 3 aromatic carbocycles. The largest absolute Gasteiger partial charge is 0.481 e. The third kappa shape index (κ3) is 5.73. The van der Waals surface area contributed by atoms with Crippen molar-refractivity contribution in [3.05, 3.63) is 96.4 Å². The normalized spacial score (nSPS) is 11.5. The van der Waals surface area contributed by atoms with Crippen molar-refractivity contribution < 1.29 is 23.5 Å². The highest BCUT2D eigenvalue weighted by Gasteiger charge is 2.19. The maximum absolute atomic E-state index is 13.5. The van der Waals surface area contributed by atoms with E-state index in [1.807, 2.05) is 24.3 Å². The number of aromatic nitrogens is 2. The summed E-state index contributed by atoms with van der Waals surface area (Å²) in [5.41, 5.74) is 2.48. The molecule has 0 saturated carbocycles. The number of esters is 1. The highest BCUT2D eigenvalue weighted by Crippen LogP contribution is 2.27. The van der Waals surface area contributed by atoms with Gasteiger partial charge in [0.15, 0.2) is 11.8 Å². The minimum atomic E-state index is -0.721. The van der Waals surface area contributed by atoms with Crippen molar-refractivity contribution in [2.75, 3.05) is 11.9 Å². The Morgan fingerprint density at radius 3 is 2.46 bits per heavy atom. The highest BCUT2D eigenvalue weighted by atomic mass is 19.1. The van der Waals surface area contributed by atoms with Crippen LogP contribution in [0.5, 0.6) is 5.75 Å². The van der Waals surface area contributed by atoms with Gasteiger partial charge in [-0.3, -0.25) is 4.79 Å². The zero-order valence-corrected chi connectivity index (χ0v) is 19.3. The number of nitrogens with zero attached hydrogens (tertiary/aromatic N) is 2. The lowest BCUT2D eigenvalue weighted by atomic mass is 10.1. The first-order chi connectivity index (χ1) is 16.9. The molecular formula is C27H24FN3O4. The van der Waals surface area contributed by atoms with E-state index >= 15 is 0 Å². The molecule has 0 aliphatic heterocycles. The van der Waals surface area contributed by atoms with Gasteiger partial charge in [0.05, 0.1) is 18.0 Å². The number of anilines is 1. The van der Waals surface area contributed by atoms with Gasteiger partial charge in [0.1, 0.15) is 11.6 Å². The monoisotopic (exact) mass is 473 g/mol. The Balaban J connectivity index is 1.61. The summed E-state index contributed by atoms with van der Waals surface area (Å²) < 4.78 is 25.8. The van der Waals surface area contributed by atoms with E-state index in [-0.39, 0.29) is 24.0 Å². The number of benzene rings is 3. The van der Waals surface area contributed by atoms with Crippen molar-refractivity contribution in [2.24, 2.45) is 0 Å². The third-order valence-electron chi connectivity index (χ3n) is 5.12. The summed E-state index contributed by atoms with van der Waals surface area (Å²) in [6, 6.07) is 23.6. The second kappa shape index (κ2) is 10.6. The zero-order chi connectivity index (χ0) is 24.8. The van der Waals surface area contributed by atoms with E-state index in [1.165, 1.54) is 16.8 Å². The van der Waals surface area contributed by atoms with Crippen LogP contribution in [0.3, 0.4) is 0 Å². The Morgan fingerprint density at radius 2 is 1.74 bits per heavy atom. The number of hydrogen-bond acceptors (Lipinski definition) is 5. The minimum Gasteiger partial charge on any atom is -0.481 e. The molecule has 0 radical (unpaired) electrons. The standard InChI is InChI=1S/C27H24FN3O4/c1-3-34-27(33)24-17-25(31(30-24)22-14-12-20(28)13-15-22)19-8-7-9-21(16-19)29-26(32)18(2)35-23-10-5-4-6-11-23/h4-18H,3H2,1-2H3,(H,29,32). The van der Waals surface area contributed by atoms with Crippen LogP contribution in [0, 0.1) is 5.82 Å². The first-order valence-electron chi connectivity index (χ1n) is 11.1. The average molecular weight is 474 g/mol. The van der Waals surface area contributed by atoms with E-state index in [0.717, 1.165) is 0 Å². The van der Waals surface area contributed by atoms with Gasteiger partial charge in [-0.05, 0) is 68.4 Å². The second-order valence-electron chi connectivity index (χ2n) is 7.67. The molecule has 7 nitrogen and oxygen atoms in total. The van der Waals surface area contributed by atoms with Gasteiger partial charge in [0.2, 0.25) is 0 Å². The summed E-state index contributed by atoms with van der Waals surface area (Å²) in [6.45, 7) is 3.59. The Kier molecular flexibility index (Phi) is 7.21. The van der Waals surface area contributed by atoms with E-state index in [2.05, 4.69) is 10.4 Å². The Morgan fingerprint density at radius 1 is 1.00 bits per heavy atom. The number of amides is 1. The number of carbonyl (C=O) groups excluding carboxylic acids is 2. The molecular weight excluding hydrogens is 449 g/mol. The number of carbonyl (C=O) groups is 2. The van der Waals surface area contributed by atoms with E-state index < -0.39 is 12.1 Å². The van der Waals surface area contributed by atoms with Crippen molar-refractivity contribution in [3.63, 3.8) is 0 Å². The van der Waals surface area contributed by atoms with Gasteiger partial charge in [0.25, 0.3) is 5.91 Å². The topological polar surface area (TPSA) is 82.5 Å². The molecule has 35 heavy (non-hydrogen) atoms. The van der Waals surface area contributed by atoms with Crippen LogP contribution >= 0.6 is 0 Å². The van der Waals surface area contributed by atoms with Crippen LogP contribution < -0.4 is 10.1 Å². The van der Waals surface area contributed by atoms with E-state index in [1.54, 1.807) is 62.4 Å². The fourth-order valence-electron chi connectivity index (χ4n) is 3.43. The molecule has 0 aliphatic carbocycles. The van der Waals surface area contributed by atoms with Gasteiger partial charge >= 0.3 is 5.97 Å². The van der Waals surface area contributed by atoms with Gasteiger partial charge in [-0.25, -0.2) is 13.9 Å². The molecule has 1 heterocycles. The van der Waals surface area contributed by atoms with Gasteiger partial charge in [-0.2, -0.15) is 5.10 Å². The van der Waals surface area contributed by atoms with Crippen LogP contribution in [0.15, 0.2) is 84.9 Å². The van der Waals surface area contributed by atoms with E-state index in [4.69, 9.17) is 9.47 Å². The van der Waals surface area contributed by atoms with Crippen molar-refractivity contribution in [3.8, 4) is 22.7 Å². The van der Waals surface area contributed by atoms with Crippen molar-refractivity contribution in [2.45, 2.75) is 20.0 Å². The summed E-state index contributed by atoms with van der Waals surface area (Å²) >= 11 is 0. The minimum absolute atomic E-state index is 0.116. The summed E-state index contributed by atoms with van der Waals surface area (Å²) in [5, 5.41) is 7.24. The summed E-state index contributed by atoms with van der Waals surface area (Å²) in [7, 11) is 0. The summed E-state index contributed by atoms with van der Waals surface area (Å²) in [6.07, 6.45) is -0.721. The number of rotatable bonds is 8. The number of para-hydroxylation sites is 1. The van der Waals surface area contributed by atoms with Crippen LogP contribution in [0.1, 0.15) is 24.3 Å². The molecule has 1 aromatic heterocycles. The molecule has 8 heteroatoms. The summed E-state index contributed by atoms with van der Waals surface area (Å²) in [5.74, 6) is -0.667. The molecule has 4 aromatic rings. The number of halogens is 1. The quantitative estimate of drug-likeness (QED) is 0.353. The molecule has 1 unspecified atom stereocenters. The third-order valence-corrected chi connectivity index (χ3v) is 5.12. The van der Waals surface area contributed by atoms with Crippen LogP contribution in [0.2, 0.25) is 0 Å². The fourth-order valence-corrected chi connectivity index (χ4v) is 3.43. The van der Waals surface area contributed by atoms with E-state index in [0.29, 0.717) is 28.4 Å². The Hall–Kier alpha value is -4.46. The Labute approximate surface area is 202 Å². The molecule has 178 valence electrons. The summed E-state index contributed by atoms with van der Waals surface area (Å²) in [4.78, 5) is 25.0. The van der Waals surface area contributed by atoms with Gasteiger partial charge < -0.3 is 14.8 Å². The smallest absolute Gasteiger partial charge is 0.358 e. The molecule has 1 N–H and O–H groups in total. The lowest BCUT2D eigenvalue weighted by Crippen LogP contribution is -2.30. The maximum Gasteiger partial charge on any atom is 0.358 e.